The lowest BCUT2D eigenvalue weighted by molar-refractivity contribution is 0.439. The van der Waals surface area contributed by atoms with Crippen LogP contribution in [0.3, 0.4) is 0 Å². The molecule has 0 spiro atoms. The Kier molecular flexibility index (Phi) is 3.16. The zero-order valence-electron chi connectivity index (χ0n) is 10.0. The average molecular weight is 249 g/mol. The van der Waals surface area contributed by atoms with Crippen molar-refractivity contribution in [1.29, 1.82) is 0 Å². The van der Waals surface area contributed by atoms with Gasteiger partial charge in [-0.3, -0.25) is 4.40 Å². The summed E-state index contributed by atoms with van der Waals surface area (Å²) in [5.74, 6) is 0.869. The Morgan fingerprint density at radius 1 is 1.47 bits per heavy atom. The Morgan fingerprint density at radius 2 is 2.29 bits per heavy atom. The molecule has 0 aliphatic heterocycles. The number of aromatic nitrogens is 2. The standard InChI is InChI=1S/C13H19N3S/c14-11(7-10-3-1-2-4-10)8-12-9-16-5-6-17-13(16)15-12/h5-6,9-11H,1-4,7-8,14H2. The molecule has 1 fully saturated rings. The first-order chi connectivity index (χ1) is 8.31. The van der Waals surface area contributed by atoms with Crippen molar-refractivity contribution in [2.75, 3.05) is 0 Å². The summed E-state index contributed by atoms with van der Waals surface area (Å²) in [5.41, 5.74) is 7.37. The van der Waals surface area contributed by atoms with Crippen LogP contribution in [-0.2, 0) is 6.42 Å². The quantitative estimate of drug-likeness (QED) is 0.905. The van der Waals surface area contributed by atoms with Crippen LogP contribution < -0.4 is 5.73 Å². The zero-order valence-corrected chi connectivity index (χ0v) is 10.8. The van der Waals surface area contributed by atoms with E-state index in [4.69, 9.17) is 5.73 Å². The zero-order chi connectivity index (χ0) is 11.7. The minimum atomic E-state index is 0.280. The molecule has 1 aliphatic rings. The average Bonchev–Trinajstić information content (AvgIpc) is 2.92. The first kappa shape index (κ1) is 11.2. The number of hydrogen-bond acceptors (Lipinski definition) is 3. The van der Waals surface area contributed by atoms with Crippen molar-refractivity contribution in [3.63, 3.8) is 0 Å². The fourth-order valence-electron chi connectivity index (χ4n) is 2.90. The number of rotatable bonds is 4. The molecule has 2 heterocycles. The molecule has 2 N–H and O–H groups in total. The van der Waals surface area contributed by atoms with E-state index in [0.717, 1.165) is 23.0 Å². The van der Waals surface area contributed by atoms with Gasteiger partial charge in [0.2, 0.25) is 0 Å². The van der Waals surface area contributed by atoms with E-state index in [-0.39, 0.29) is 6.04 Å². The van der Waals surface area contributed by atoms with Gasteiger partial charge >= 0.3 is 0 Å². The fraction of sp³-hybridized carbons (Fsp3) is 0.615. The molecule has 1 aliphatic carbocycles. The Labute approximate surface area is 106 Å². The van der Waals surface area contributed by atoms with Crippen LogP contribution >= 0.6 is 11.3 Å². The normalized spacial score (nSPS) is 19.1. The van der Waals surface area contributed by atoms with Gasteiger partial charge in [-0.1, -0.05) is 25.7 Å². The minimum Gasteiger partial charge on any atom is -0.327 e. The van der Waals surface area contributed by atoms with Crippen LogP contribution in [0.15, 0.2) is 17.8 Å². The van der Waals surface area contributed by atoms with Crippen LogP contribution in [0.1, 0.15) is 37.8 Å². The third-order valence-electron chi connectivity index (χ3n) is 3.73. The molecule has 0 radical (unpaired) electrons. The third-order valence-corrected chi connectivity index (χ3v) is 4.50. The smallest absolute Gasteiger partial charge is 0.193 e. The van der Waals surface area contributed by atoms with Crippen molar-refractivity contribution in [3.8, 4) is 0 Å². The summed E-state index contributed by atoms with van der Waals surface area (Å²) >= 11 is 1.68. The van der Waals surface area contributed by atoms with E-state index < -0.39 is 0 Å². The summed E-state index contributed by atoms with van der Waals surface area (Å²) in [6.45, 7) is 0. The second kappa shape index (κ2) is 4.78. The van der Waals surface area contributed by atoms with Crippen molar-refractivity contribution in [2.45, 2.75) is 44.6 Å². The van der Waals surface area contributed by atoms with Gasteiger partial charge in [0.15, 0.2) is 4.96 Å². The Balaban J connectivity index is 1.60. The summed E-state index contributed by atoms with van der Waals surface area (Å²) in [5, 5.41) is 2.06. The van der Waals surface area contributed by atoms with E-state index >= 15 is 0 Å². The Morgan fingerprint density at radius 3 is 3.06 bits per heavy atom. The molecular weight excluding hydrogens is 230 g/mol. The molecular formula is C13H19N3S. The lowest BCUT2D eigenvalue weighted by Crippen LogP contribution is -2.25. The van der Waals surface area contributed by atoms with Gasteiger partial charge in [0.1, 0.15) is 0 Å². The van der Waals surface area contributed by atoms with E-state index in [0.29, 0.717) is 0 Å². The van der Waals surface area contributed by atoms with E-state index in [1.165, 1.54) is 32.1 Å². The monoisotopic (exact) mass is 249 g/mol. The summed E-state index contributed by atoms with van der Waals surface area (Å²) in [7, 11) is 0. The Hall–Kier alpha value is -0.870. The van der Waals surface area contributed by atoms with Gasteiger partial charge in [0.25, 0.3) is 0 Å². The van der Waals surface area contributed by atoms with Gasteiger partial charge in [0.05, 0.1) is 5.69 Å². The number of nitrogens with zero attached hydrogens (tertiary/aromatic N) is 2. The second-order valence-electron chi connectivity index (χ2n) is 5.18. The highest BCUT2D eigenvalue weighted by Gasteiger charge is 2.18. The van der Waals surface area contributed by atoms with E-state index in [1.807, 2.05) is 0 Å². The molecule has 0 amide bonds. The minimum absolute atomic E-state index is 0.280. The first-order valence-corrected chi connectivity index (χ1v) is 7.36. The number of fused-ring (bicyclic) bond motifs is 1. The van der Waals surface area contributed by atoms with Crippen LogP contribution in [-0.4, -0.2) is 15.4 Å². The maximum atomic E-state index is 6.23. The highest BCUT2D eigenvalue weighted by Crippen LogP contribution is 2.28. The second-order valence-corrected chi connectivity index (χ2v) is 6.05. The van der Waals surface area contributed by atoms with Gasteiger partial charge in [-0.2, -0.15) is 0 Å². The molecule has 2 aromatic rings. The van der Waals surface area contributed by atoms with Crippen molar-refractivity contribution >= 4 is 16.3 Å². The number of imidazole rings is 1. The number of nitrogens with two attached hydrogens (primary N) is 1. The maximum absolute atomic E-state index is 6.23. The topological polar surface area (TPSA) is 43.3 Å². The lowest BCUT2D eigenvalue weighted by Gasteiger charge is -2.14. The molecule has 17 heavy (non-hydrogen) atoms. The van der Waals surface area contributed by atoms with E-state index in [2.05, 4.69) is 27.2 Å². The van der Waals surface area contributed by atoms with Gasteiger partial charge in [-0.25, -0.2) is 4.98 Å². The number of hydrogen-bond donors (Lipinski definition) is 1. The summed E-state index contributed by atoms with van der Waals surface area (Å²) < 4.78 is 2.09. The van der Waals surface area contributed by atoms with Gasteiger partial charge in [0, 0.05) is 30.2 Å². The fourth-order valence-corrected chi connectivity index (χ4v) is 3.62. The lowest BCUT2D eigenvalue weighted by atomic mass is 9.96. The van der Waals surface area contributed by atoms with E-state index in [1.54, 1.807) is 11.3 Å². The number of thiazole rings is 1. The summed E-state index contributed by atoms with van der Waals surface area (Å²) in [6, 6.07) is 0.280. The molecule has 0 aromatic carbocycles. The molecule has 3 rings (SSSR count). The molecule has 3 nitrogen and oxygen atoms in total. The van der Waals surface area contributed by atoms with Crippen molar-refractivity contribution in [1.82, 2.24) is 9.38 Å². The first-order valence-electron chi connectivity index (χ1n) is 6.48. The highest BCUT2D eigenvalue weighted by atomic mass is 32.1. The van der Waals surface area contributed by atoms with Crippen molar-refractivity contribution < 1.29 is 0 Å². The van der Waals surface area contributed by atoms with Gasteiger partial charge < -0.3 is 5.73 Å². The molecule has 1 atom stereocenters. The summed E-state index contributed by atoms with van der Waals surface area (Å²) in [6.07, 6.45) is 11.8. The third kappa shape index (κ3) is 2.53. The molecule has 0 bridgehead atoms. The van der Waals surface area contributed by atoms with Crippen LogP contribution in [0.4, 0.5) is 0 Å². The van der Waals surface area contributed by atoms with Crippen LogP contribution in [0.5, 0.6) is 0 Å². The Bertz CT molecular complexity index is 453. The van der Waals surface area contributed by atoms with Crippen molar-refractivity contribution in [3.05, 3.63) is 23.5 Å². The maximum Gasteiger partial charge on any atom is 0.193 e. The van der Waals surface area contributed by atoms with Crippen LogP contribution in [0, 0.1) is 5.92 Å². The van der Waals surface area contributed by atoms with Gasteiger partial charge in [-0.15, -0.1) is 11.3 Å². The molecule has 1 unspecified atom stereocenters. The van der Waals surface area contributed by atoms with E-state index in [9.17, 15) is 0 Å². The molecule has 1 saturated carbocycles. The van der Waals surface area contributed by atoms with Crippen LogP contribution in [0.25, 0.3) is 4.96 Å². The predicted octanol–water partition coefficient (Wildman–Crippen LogP) is 2.85. The molecule has 92 valence electrons. The SMILES string of the molecule is NC(Cc1cn2ccsc2n1)CC1CCCC1. The predicted molar refractivity (Wildman–Crippen MR) is 71.3 cm³/mol. The van der Waals surface area contributed by atoms with Crippen molar-refractivity contribution in [2.24, 2.45) is 11.7 Å². The highest BCUT2D eigenvalue weighted by molar-refractivity contribution is 7.15. The summed E-state index contributed by atoms with van der Waals surface area (Å²) in [4.78, 5) is 5.67. The largest absolute Gasteiger partial charge is 0.327 e. The molecule has 4 heteroatoms. The molecule has 0 saturated heterocycles. The van der Waals surface area contributed by atoms with Gasteiger partial charge in [-0.05, 0) is 12.3 Å². The molecule has 2 aromatic heterocycles. The van der Waals surface area contributed by atoms with Crippen LogP contribution in [0.2, 0.25) is 0 Å².